The summed E-state index contributed by atoms with van der Waals surface area (Å²) in [7, 11) is 1.58. The van der Waals surface area contributed by atoms with E-state index in [4.69, 9.17) is 30.2 Å². The summed E-state index contributed by atoms with van der Waals surface area (Å²) in [5.41, 5.74) is 3.01. The normalized spacial score (nSPS) is 14.8. The molecule has 2 amide bonds. The second kappa shape index (κ2) is 16.2. The second-order valence-corrected chi connectivity index (χ2v) is 12.7. The van der Waals surface area contributed by atoms with Gasteiger partial charge >= 0.3 is 0 Å². The maximum atomic E-state index is 13.7. The first-order valence-electron chi connectivity index (χ1n) is 15.1. The number of amides is 2. The number of ether oxygens (including phenoxy) is 3. The Bertz CT molecular complexity index is 1840. The molecule has 12 heteroatoms. The number of furan rings is 1. The van der Waals surface area contributed by atoms with Crippen molar-refractivity contribution >= 4 is 58.3 Å². The third-order valence-electron chi connectivity index (χ3n) is 6.84. The molecule has 0 aliphatic carbocycles. The standard InChI is InChI=1S/C36H35ClN4O6S/c1-23(2)21-46-31-13-9-25(16-32(31)44-4)19-38-40-36-41(20-29-6-5-15-45-29)35(43)33(48-36)18-26-17-27(37)10-14-30(26)47-22-34(42)39-28-11-7-24(3)8-12-28/h5-19,23H,20-22H2,1-4H3,(H,39,42)/b33-18-,38-19-,40-36+. The van der Waals surface area contributed by atoms with Gasteiger partial charge in [0, 0.05) is 16.3 Å². The van der Waals surface area contributed by atoms with Crippen molar-refractivity contribution in [2.75, 3.05) is 25.6 Å². The first-order chi connectivity index (χ1) is 23.2. The van der Waals surface area contributed by atoms with Gasteiger partial charge < -0.3 is 23.9 Å². The highest BCUT2D eigenvalue weighted by molar-refractivity contribution is 8.18. The lowest BCUT2D eigenvalue weighted by molar-refractivity contribution is -0.122. The van der Waals surface area contributed by atoms with E-state index in [1.54, 1.807) is 62.1 Å². The molecule has 1 fully saturated rings. The minimum Gasteiger partial charge on any atom is -0.493 e. The molecule has 0 radical (unpaired) electrons. The number of methoxy groups -OCH3 is 1. The molecule has 248 valence electrons. The average Bonchev–Trinajstić information content (AvgIpc) is 3.69. The lowest BCUT2D eigenvalue weighted by Gasteiger charge is -2.13. The van der Waals surface area contributed by atoms with Crippen LogP contribution in [0.2, 0.25) is 5.02 Å². The fourth-order valence-corrected chi connectivity index (χ4v) is 5.55. The minimum atomic E-state index is -0.328. The highest BCUT2D eigenvalue weighted by Gasteiger charge is 2.34. The molecular weight excluding hydrogens is 652 g/mol. The van der Waals surface area contributed by atoms with Crippen molar-refractivity contribution in [3.8, 4) is 17.2 Å². The van der Waals surface area contributed by atoms with Gasteiger partial charge in [0.25, 0.3) is 11.8 Å². The fraction of sp³-hybridized carbons (Fsp3) is 0.222. The SMILES string of the molecule is COc1cc(/C=N\N=C2\S/C(=C\c3cc(Cl)ccc3OCC(=O)Nc3ccc(C)cc3)C(=O)N2Cc2ccco2)ccc1OCC(C)C. The Morgan fingerprint density at radius 2 is 1.83 bits per heavy atom. The molecule has 1 N–H and O–H groups in total. The number of nitrogens with one attached hydrogen (secondary N) is 1. The molecule has 1 saturated heterocycles. The van der Waals surface area contributed by atoms with Crippen LogP contribution in [0, 0.1) is 12.8 Å². The maximum Gasteiger partial charge on any atom is 0.267 e. The van der Waals surface area contributed by atoms with E-state index in [2.05, 4.69) is 29.4 Å². The Morgan fingerprint density at radius 3 is 2.56 bits per heavy atom. The summed E-state index contributed by atoms with van der Waals surface area (Å²) >= 11 is 7.47. The first-order valence-corrected chi connectivity index (χ1v) is 16.3. The van der Waals surface area contributed by atoms with Crippen molar-refractivity contribution in [1.82, 2.24) is 4.90 Å². The van der Waals surface area contributed by atoms with Crippen LogP contribution in [-0.2, 0) is 16.1 Å². The molecule has 48 heavy (non-hydrogen) atoms. The zero-order valence-corrected chi connectivity index (χ0v) is 28.5. The van der Waals surface area contributed by atoms with Crippen molar-refractivity contribution in [1.29, 1.82) is 0 Å². The Hall–Kier alpha value is -5.00. The van der Waals surface area contributed by atoms with E-state index < -0.39 is 0 Å². The van der Waals surface area contributed by atoms with Crippen LogP contribution in [0.4, 0.5) is 5.69 Å². The number of nitrogens with zero attached hydrogens (tertiary/aromatic N) is 3. The van der Waals surface area contributed by atoms with E-state index in [1.807, 2.05) is 43.3 Å². The van der Waals surface area contributed by atoms with Crippen LogP contribution in [0.5, 0.6) is 17.2 Å². The molecule has 1 aromatic heterocycles. The molecular formula is C36H35ClN4O6S. The molecule has 2 heterocycles. The zero-order chi connectivity index (χ0) is 34.0. The highest BCUT2D eigenvalue weighted by Crippen LogP contribution is 2.36. The third-order valence-corrected chi connectivity index (χ3v) is 8.08. The summed E-state index contributed by atoms with van der Waals surface area (Å²) in [4.78, 5) is 28.1. The molecule has 0 bridgehead atoms. The van der Waals surface area contributed by atoms with E-state index >= 15 is 0 Å². The summed E-state index contributed by atoms with van der Waals surface area (Å²) in [6.45, 7) is 6.59. The first kappa shape index (κ1) is 34.3. The van der Waals surface area contributed by atoms with Crippen molar-refractivity contribution in [2.24, 2.45) is 16.1 Å². The minimum absolute atomic E-state index is 0.151. The van der Waals surface area contributed by atoms with Crippen molar-refractivity contribution in [3.63, 3.8) is 0 Å². The van der Waals surface area contributed by atoms with Crippen molar-refractivity contribution in [2.45, 2.75) is 27.3 Å². The van der Waals surface area contributed by atoms with Gasteiger partial charge in [-0.2, -0.15) is 5.10 Å². The number of thioether (sulfide) groups is 1. The predicted octanol–water partition coefficient (Wildman–Crippen LogP) is 7.81. The van der Waals surface area contributed by atoms with Crippen LogP contribution < -0.4 is 19.5 Å². The van der Waals surface area contributed by atoms with E-state index in [9.17, 15) is 9.59 Å². The Kier molecular flexibility index (Phi) is 11.6. The molecule has 0 spiro atoms. The van der Waals surface area contributed by atoms with Crippen LogP contribution >= 0.6 is 23.4 Å². The summed E-state index contributed by atoms with van der Waals surface area (Å²) in [6.07, 6.45) is 4.78. The number of anilines is 1. The summed E-state index contributed by atoms with van der Waals surface area (Å²) in [6, 6.07) is 21.5. The van der Waals surface area contributed by atoms with E-state index in [1.165, 1.54) is 4.90 Å². The van der Waals surface area contributed by atoms with Gasteiger partial charge in [-0.05, 0) is 96.9 Å². The largest absolute Gasteiger partial charge is 0.493 e. The van der Waals surface area contributed by atoms with Gasteiger partial charge in [-0.15, -0.1) is 5.10 Å². The van der Waals surface area contributed by atoms with Crippen molar-refractivity contribution < 1.29 is 28.2 Å². The number of aryl methyl sites for hydroxylation is 1. The maximum absolute atomic E-state index is 13.7. The zero-order valence-electron chi connectivity index (χ0n) is 26.9. The molecule has 0 saturated carbocycles. The van der Waals surface area contributed by atoms with E-state index in [0.717, 1.165) is 22.9 Å². The number of hydrogen-bond acceptors (Lipinski definition) is 9. The topological polar surface area (TPSA) is 115 Å². The number of carbonyl (C=O) groups is 2. The molecule has 4 aromatic rings. The van der Waals surface area contributed by atoms with Gasteiger partial charge in [-0.1, -0.05) is 43.1 Å². The van der Waals surface area contributed by atoms with Gasteiger partial charge in [0.15, 0.2) is 23.3 Å². The van der Waals surface area contributed by atoms with Gasteiger partial charge in [0.05, 0.1) is 37.6 Å². The van der Waals surface area contributed by atoms with Crippen LogP contribution in [0.1, 0.15) is 36.3 Å². The quantitative estimate of drug-likeness (QED) is 0.0867. The Morgan fingerprint density at radius 1 is 1.04 bits per heavy atom. The number of amidine groups is 1. The molecule has 0 atom stereocenters. The van der Waals surface area contributed by atoms with Crippen LogP contribution in [0.3, 0.4) is 0 Å². The van der Waals surface area contributed by atoms with Crippen LogP contribution in [0.15, 0.2) is 98.6 Å². The van der Waals surface area contributed by atoms with Crippen LogP contribution in [-0.4, -0.2) is 48.4 Å². The lowest BCUT2D eigenvalue weighted by Crippen LogP contribution is -2.28. The summed E-state index contributed by atoms with van der Waals surface area (Å²) in [5, 5.41) is 12.3. The van der Waals surface area contributed by atoms with Crippen molar-refractivity contribution in [3.05, 3.63) is 111 Å². The number of benzene rings is 3. The Labute approximate surface area is 288 Å². The van der Waals surface area contributed by atoms with Crippen LogP contribution in [0.25, 0.3) is 6.08 Å². The molecule has 1 aliphatic rings. The monoisotopic (exact) mass is 686 g/mol. The van der Waals surface area contributed by atoms with Gasteiger partial charge in [0.1, 0.15) is 11.5 Å². The third kappa shape index (κ3) is 9.30. The number of rotatable bonds is 13. The molecule has 10 nitrogen and oxygen atoms in total. The highest BCUT2D eigenvalue weighted by atomic mass is 35.5. The predicted molar refractivity (Wildman–Crippen MR) is 190 cm³/mol. The molecule has 0 unspecified atom stereocenters. The molecule has 3 aromatic carbocycles. The number of hydrogen-bond donors (Lipinski definition) is 1. The Balaban J connectivity index is 1.35. The van der Waals surface area contributed by atoms with E-state index in [0.29, 0.717) is 61.9 Å². The van der Waals surface area contributed by atoms with E-state index in [-0.39, 0.29) is 25.0 Å². The summed E-state index contributed by atoms with van der Waals surface area (Å²) < 4.78 is 22.7. The molecule has 5 rings (SSSR count). The molecule has 1 aliphatic heterocycles. The summed E-state index contributed by atoms with van der Waals surface area (Å²) in [5.74, 6) is 1.92. The fourth-order valence-electron chi connectivity index (χ4n) is 4.45. The number of carbonyl (C=O) groups excluding carboxylic acids is 2. The van der Waals surface area contributed by atoms with Gasteiger partial charge in [-0.3, -0.25) is 14.5 Å². The second-order valence-electron chi connectivity index (χ2n) is 11.2. The van der Waals surface area contributed by atoms with Gasteiger partial charge in [0.2, 0.25) is 0 Å². The number of halogens is 1. The van der Waals surface area contributed by atoms with Gasteiger partial charge in [-0.25, -0.2) is 0 Å². The lowest BCUT2D eigenvalue weighted by atomic mass is 10.2. The average molecular weight is 687 g/mol. The smallest absolute Gasteiger partial charge is 0.267 e.